The van der Waals surface area contributed by atoms with Crippen LogP contribution < -0.4 is 10.2 Å². The summed E-state index contributed by atoms with van der Waals surface area (Å²) in [7, 11) is 0. The maximum Gasteiger partial charge on any atom is 0.250 e. The first-order chi connectivity index (χ1) is 9.72. The number of anilines is 1. The molecular weight excluding hydrogens is 252 g/mol. The Morgan fingerprint density at radius 2 is 1.90 bits per heavy atom. The third-order valence-corrected chi connectivity index (χ3v) is 4.64. The zero-order valence-corrected chi connectivity index (χ0v) is 11.4. The molecule has 0 spiro atoms. The van der Waals surface area contributed by atoms with Gasteiger partial charge in [-0.15, -0.1) is 0 Å². The number of fused-ring (bicyclic) bond motifs is 1. The number of benzene rings is 1. The Morgan fingerprint density at radius 1 is 1.10 bits per heavy atom. The van der Waals surface area contributed by atoms with Gasteiger partial charge in [-0.25, -0.2) is 0 Å². The molecule has 1 N–H and O–H groups in total. The minimum Gasteiger partial charge on any atom is -0.342 e. The predicted molar refractivity (Wildman–Crippen MR) is 75.5 cm³/mol. The van der Waals surface area contributed by atoms with Crippen LogP contribution in [0.1, 0.15) is 30.4 Å². The van der Waals surface area contributed by atoms with Crippen LogP contribution in [0.4, 0.5) is 5.69 Å². The molecule has 4 heteroatoms. The van der Waals surface area contributed by atoms with Crippen molar-refractivity contribution in [3.8, 4) is 0 Å². The molecule has 1 saturated heterocycles. The number of hydrogen-bond acceptors (Lipinski definition) is 2. The van der Waals surface area contributed by atoms with Crippen molar-refractivity contribution in [2.45, 2.75) is 38.1 Å². The molecule has 1 aromatic carbocycles. The second-order valence-corrected chi connectivity index (χ2v) is 6.11. The average Bonchev–Trinajstić information content (AvgIpc) is 3.18. The topological polar surface area (TPSA) is 49.4 Å². The summed E-state index contributed by atoms with van der Waals surface area (Å²) in [6.45, 7) is 0.154. The van der Waals surface area contributed by atoms with Gasteiger partial charge in [-0.2, -0.15) is 0 Å². The molecule has 0 bridgehead atoms. The highest BCUT2D eigenvalue weighted by molar-refractivity contribution is 6.06. The lowest BCUT2D eigenvalue weighted by atomic mass is 10.1. The lowest BCUT2D eigenvalue weighted by Gasteiger charge is -2.33. The summed E-state index contributed by atoms with van der Waals surface area (Å²) in [5, 5.41) is 2.85. The number of aryl methyl sites for hydroxylation is 2. The van der Waals surface area contributed by atoms with Crippen molar-refractivity contribution in [2.75, 3.05) is 11.4 Å². The summed E-state index contributed by atoms with van der Waals surface area (Å²) in [4.78, 5) is 26.1. The molecule has 104 valence electrons. The van der Waals surface area contributed by atoms with E-state index in [0.717, 1.165) is 31.4 Å². The molecule has 20 heavy (non-hydrogen) atoms. The van der Waals surface area contributed by atoms with Gasteiger partial charge in [0, 0.05) is 5.69 Å². The van der Waals surface area contributed by atoms with Crippen molar-refractivity contribution in [2.24, 2.45) is 5.92 Å². The van der Waals surface area contributed by atoms with Crippen LogP contribution in [0.15, 0.2) is 18.2 Å². The molecule has 2 amide bonds. The first-order valence-electron chi connectivity index (χ1n) is 7.45. The van der Waals surface area contributed by atoms with Gasteiger partial charge in [0.2, 0.25) is 11.8 Å². The van der Waals surface area contributed by atoms with Crippen molar-refractivity contribution >= 4 is 17.5 Å². The van der Waals surface area contributed by atoms with Crippen LogP contribution in [0.3, 0.4) is 0 Å². The van der Waals surface area contributed by atoms with Gasteiger partial charge in [0.05, 0.1) is 0 Å². The molecule has 3 aliphatic rings. The first-order valence-corrected chi connectivity index (χ1v) is 7.45. The molecule has 2 aliphatic carbocycles. The average molecular weight is 270 g/mol. The van der Waals surface area contributed by atoms with Crippen LogP contribution in [0, 0.1) is 5.92 Å². The molecule has 4 nitrogen and oxygen atoms in total. The number of amides is 2. The molecule has 1 saturated carbocycles. The van der Waals surface area contributed by atoms with Crippen LogP contribution in [-0.4, -0.2) is 24.4 Å². The zero-order valence-electron chi connectivity index (χ0n) is 11.4. The molecule has 0 radical (unpaired) electrons. The Labute approximate surface area is 118 Å². The number of rotatable bonds is 2. The van der Waals surface area contributed by atoms with Gasteiger partial charge < -0.3 is 10.2 Å². The van der Waals surface area contributed by atoms with Gasteiger partial charge >= 0.3 is 0 Å². The van der Waals surface area contributed by atoms with E-state index in [9.17, 15) is 9.59 Å². The number of nitrogens with one attached hydrogen (secondary N) is 1. The second-order valence-electron chi connectivity index (χ2n) is 6.11. The Hall–Kier alpha value is -1.84. The van der Waals surface area contributed by atoms with Gasteiger partial charge in [0.15, 0.2) is 0 Å². The molecule has 0 aromatic heterocycles. The minimum absolute atomic E-state index is 0.0398. The number of carbonyl (C=O) groups excluding carboxylic acids is 2. The number of nitrogens with zero attached hydrogens (tertiary/aromatic N) is 1. The summed E-state index contributed by atoms with van der Waals surface area (Å²) in [6.07, 6.45) is 5.51. The van der Waals surface area contributed by atoms with Gasteiger partial charge in [-0.1, -0.05) is 6.07 Å². The fourth-order valence-electron chi connectivity index (χ4n) is 3.36. The van der Waals surface area contributed by atoms with E-state index < -0.39 is 0 Å². The van der Waals surface area contributed by atoms with Crippen molar-refractivity contribution in [1.29, 1.82) is 0 Å². The summed E-state index contributed by atoms with van der Waals surface area (Å²) >= 11 is 0. The fraction of sp³-hybridized carbons (Fsp3) is 0.500. The minimum atomic E-state index is -0.301. The quantitative estimate of drug-likeness (QED) is 0.883. The van der Waals surface area contributed by atoms with E-state index in [-0.39, 0.29) is 24.4 Å². The van der Waals surface area contributed by atoms with Crippen molar-refractivity contribution in [3.63, 3.8) is 0 Å². The molecule has 1 aromatic rings. The number of piperazine rings is 1. The Kier molecular flexibility index (Phi) is 2.59. The van der Waals surface area contributed by atoms with E-state index in [1.807, 2.05) is 6.07 Å². The standard InChI is InChI=1S/C16H18N2O2/c19-14-9-18(16(20)15(17-14)11-4-5-11)13-7-6-10-2-1-3-12(10)8-13/h6-8,11,15H,1-5,9H2,(H,17,19). The van der Waals surface area contributed by atoms with Gasteiger partial charge in [-0.05, 0) is 61.3 Å². The lowest BCUT2D eigenvalue weighted by Crippen LogP contribution is -2.59. The normalized spacial score (nSPS) is 25.6. The molecule has 1 heterocycles. The Bertz CT molecular complexity index is 592. The number of hydrogen-bond donors (Lipinski definition) is 1. The smallest absolute Gasteiger partial charge is 0.250 e. The molecule has 1 unspecified atom stereocenters. The van der Waals surface area contributed by atoms with E-state index in [1.165, 1.54) is 17.5 Å². The van der Waals surface area contributed by atoms with Crippen molar-refractivity contribution in [1.82, 2.24) is 5.32 Å². The molecule has 4 rings (SSSR count). The summed E-state index contributed by atoms with van der Waals surface area (Å²) in [5.74, 6) is 0.371. The highest BCUT2D eigenvalue weighted by Crippen LogP contribution is 2.35. The highest BCUT2D eigenvalue weighted by atomic mass is 16.2. The molecule has 1 aliphatic heterocycles. The predicted octanol–water partition coefficient (Wildman–Crippen LogP) is 1.42. The van der Waals surface area contributed by atoms with E-state index in [1.54, 1.807) is 4.90 Å². The summed E-state index contributed by atoms with van der Waals surface area (Å²) in [5.41, 5.74) is 3.61. The molecular formula is C16H18N2O2. The third-order valence-electron chi connectivity index (χ3n) is 4.64. The van der Waals surface area contributed by atoms with Gasteiger partial charge in [-0.3, -0.25) is 9.59 Å². The first kappa shape index (κ1) is 11.9. The lowest BCUT2D eigenvalue weighted by molar-refractivity contribution is -0.131. The van der Waals surface area contributed by atoms with Crippen LogP contribution in [0.25, 0.3) is 0 Å². The summed E-state index contributed by atoms with van der Waals surface area (Å²) in [6, 6.07) is 5.90. The van der Waals surface area contributed by atoms with Crippen LogP contribution in [-0.2, 0) is 22.4 Å². The fourth-order valence-corrected chi connectivity index (χ4v) is 3.36. The maximum atomic E-state index is 12.6. The van der Waals surface area contributed by atoms with E-state index >= 15 is 0 Å². The number of carbonyl (C=O) groups is 2. The maximum absolute atomic E-state index is 12.6. The van der Waals surface area contributed by atoms with E-state index in [2.05, 4.69) is 17.4 Å². The zero-order chi connectivity index (χ0) is 13.7. The summed E-state index contributed by atoms with van der Waals surface area (Å²) < 4.78 is 0. The Morgan fingerprint density at radius 3 is 2.70 bits per heavy atom. The van der Waals surface area contributed by atoms with Gasteiger partial charge in [0.1, 0.15) is 12.6 Å². The largest absolute Gasteiger partial charge is 0.342 e. The molecule has 2 fully saturated rings. The SMILES string of the molecule is O=C1CN(c2ccc3c(c2)CCC3)C(=O)C(C2CC2)N1. The highest BCUT2D eigenvalue weighted by Gasteiger charge is 2.43. The monoisotopic (exact) mass is 270 g/mol. The van der Waals surface area contributed by atoms with E-state index in [0.29, 0.717) is 5.92 Å². The van der Waals surface area contributed by atoms with Crippen molar-refractivity contribution < 1.29 is 9.59 Å². The Balaban J connectivity index is 1.65. The van der Waals surface area contributed by atoms with Crippen LogP contribution >= 0.6 is 0 Å². The van der Waals surface area contributed by atoms with Crippen LogP contribution in [0.2, 0.25) is 0 Å². The van der Waals surface area contributed by atoms with Crippen molar-refractivity contribution in [3.05, 3.63) is 29.3 Å². The third kappa shape index (κ3) is 1.90. The molecule has 1 atom stereocenters. The van der Waals surface area contributed by atoms with E-state index in [4.69, 9.17) is 0 Å². The van der Waals surface area contributed by atoms with Crippen LogP contribution in [0.5, 0.6) is 0 Å². The van der Waals surface area contributed by atoms with Gasteiger partial charge in [0.25, 0.3) is 0 Å². The second kappa shape index (κ2) is 4.33.